The molecule has 4 nitrogen and oxygen atoms in total. The van der Waals surface area contributed by atoms with Crippen LogP contribution in [-0.4, -0.2) is 50.7 Å². The van der Waals surface area contributed by atoms with Crippen LogP contribution in [0.25, 0.3) is 0 Å². The highest BCUT2D eigenvalue weighted by Gasteiger charge is 2.32. The van der Waals surface area contributed by atoms with Crippen LogP contribution in [0, 0.1) is 5.92 Å². The molecule has 1 aliphatic rings. The molecule has 1 unspecified atom stereocenters. The fourth-order valence-electron chi connectivity index (χ4n) is 2.18. The van der Waals surface area contributed by atoms with E-state index in [1.165, 1.54) is 26.4 Å². The highest BCUT2D eigenvalue weighted by molar-refractivity contribution is 5.80. The highest BCUT2D eigenvalue weighted by atomic mass is 16.5. The van der Waals surface area contributed by atoms with Gasteiger partial charge in [0.2, 0.25) is 0 Å². The third-order valence-corrected chi connectivity index (χ3v) is 3.98. The van der Waals surface area contributed by atoms with Gasteiger partial charge in [-0.25, -0.2) is 0 Å². The van der Waals surface area contributed by atoms with Crippen molar-refractivity contribution in [2.45, 2.75) is 38.1 Å². The van der Waals surface area contributed by atoms with Crippen molar-refractivity contribution in [1.82, 2.24) is 10.2 Å². The Labute approximate surface area is 105 Å². The van der Waals surface area contributed by atoms with Gasteiger partial charge in [0.15, 0.2) is 0 Å². The van der Waals surface area contributed by atoms with Crippen molar-refractivity contribution < 1.29 is 9.53 Å². The van der Waals surface area contributed by atoms with Gasteiger partial charge in [0.05, 0.1) is 7.11 Å². The molecule has 1 aliphatic carbocycles. The first kappa shape index (κ1) is 14.5. The number of hydrogen-bond acceptors (Lipinski definition) is 4. The Morgan fingerprint density at radius 2 is 2.18 bits per heavy atom. The van der Waals surface area contributed by atoms with Gasteiger partial charge in [-0.3, -0.25) is 4.79 Å². The molecule has 0 saturated heterocycles. The maximum atomic E-state index is 11.7. The monoisotopic (exact) mass is 242 g/mol. The normalized spacial score (nSPS) is 19.8. The number of hydrogen-bond donors (Lipinski definition) is 1. The first-order chi connectivity index (χ1) is 8.01. The molecule has 100 valence electrons. The van der Waals surface area contributed by atoms with Crippen LogP contribution in [0.4, 0.5) is 0 Å². The number of nitrogens with zero attached hydrogens (tertiary/aromatic N) is 1. The van der Waals surface area contributed by atoms with Crippen LogP contribution >= 0.6 is 0 Å². The number of ether oxygens (including phenoxy) is 1. The summed E-state index contributed by atoms with van der Waals surface area (Å²) in [5.41, 5.74) is -0.567. The summed E-state index contributed by atoms with van der Waals surface area (Å²) in [5, 5.41) is 3.06. The van der Waals surface area contributed by atoms with Crippen LogP contribution in [0.1, 0.15) is 32.6 Å². The van der Waals surface area contributed by atoms with E-state index in [2.05, 4.69) is 17.3 Å². The van der Waals surface area contributed by atoms with Crippen molar-refractivity contribution in [3.05, 3.63) is 0 Å². The second kappa shape index (κ2) is 6.36. The van der Waals surface area contributed by atoms with Gasteiger partial charge in [-0.15, -0.1) is 0 Å². The minimum atomic E-state index is -0.567. The second-order valence-electron chi connectivity index (χ2n) is 5.38. The molecule has 4 heteroatoms. The second-order valence-corrected chi connectivity index (χ2v) is 5.38. The first-order valence-electron chi connectivity index (χ1n) is 6.47. The number of likely N-dealkylation sites (N-methyl/N-ethyl adjacent to an activating group) is 1. The van der Waals surface area contributed by atoms with E-state index in [1.807, 2.05) is 14.0 Å². The maximum absolute atomic E-state index is 11.7. The molecule has 1 fully saturated rings. The lowest BCUT2D eigenvalue weighted by Crippen LogP contribution is -2.50. The lowest BCUT2D eigenvalue weighted by molar-refractivity contribution is -0.148. The van der Waals surface area contributed by atoms with Crippen LogP contribution in [0.2, 0.25) is 0 Å². The number of carbonyl (C=O) groups is 1. The highest BCUT2D eigenvalue weighted by Crippen LogP contribution is 2.26. The molecule has 17 heavy (non-hydrogen) atoms. The van der Waals surface area contributed by atoms with Gasteiger partial charge in [0.1, 0.15) is 5.54 Å². The number of carbonyl (C=O) groups excluding carboxylic acids is 1. The van der Waals surface area contributed by atoms with E-state index in [0.29, 0.717) is 0 Å². The molecule has 0 bridgehead atoms. The quantitative estimate of drug-likeness (QED) is 0.682. The van der Waals surface area contributed by atoms with E-state index in [0.717, 1.165) is 25.4 Å². The Bertz CT molecular complexity index is 254. The molecule has 1 rings (SSSR count). The molecule has 0 aromatic heterocycles. The van der Waals surface area contributed by atoms with Gasteiger partial charge in [0.25, 0.3) is 0 Å². The molecule has 0 heterocycles. The van der Waals surface area contributed by atoms with Crippen molar-refractivity contribution in [3.8, 4) is 0 Å². The van der Waals surface area contributed by atoms with E-state index in [9.17, 15) is 4.79 Å². The molecule has 0 radical (unpaired) electrons. The Kier molecular flexibility index (Phi) is 5.40. The van der Waals surface area contributed by atoms with Crippen LogP contribution in [0.3, 0.4) is 0 Å². The Morgan fingerprint density at radius 3 is 2.59 bits per heavy atom. The third kappa shape index (κ3) is 3.96. The van der Waals surface area contributed by atoms with Crippen molar-refractivity contribution in [3.63, 3.8) is 0 Å². The Hall–Kier alpha value is -0.610. The van der Waals surface area contributed by atoms with Crippen molar-refractivity contribution in [2.75, 3.05) is 34.3 Å². The fourth-order valence-corrected chi connectivity index (χ4v) is 2.18. The molecule has 1 saturated carbocycles. The first-order valence-corrected chi connectivity index (χ1v) is 6.47. The predicted molar refractivity (Wildman–Crippen MR) is 68.9 cm³/mol. The van der Waals surface area contributed by atoms with Crippen LogP contribution in [0.15, 0.2) is 0 Å². The smallest absolute Gasteiger partial charge is 0.325 e. The average Bonchev–Trinajstić information content (AvgIpc) is 2.29. The summed E-state index contributed by atoms with van der Waals surface area (Å²) in [6.45, 7) is 3.97. The minimum Gasteiger partial charge on any atom is -0.468 e. The SMILES string of the molecule is CNC(C)(CCN(C)CC1CCC1)C(=O)OC. The fraction of sp³-hybridized carbons (Fsp3) is 0.923. The number of nitrogens with one attached hydrogen (secondary N) is 1. The van der Waals surface area contributed by atoms with Crippen LogP contribution < -0.4 is 5.32 Å². The number of rotatable bonds is 7. The van der Waals surface area contributed by atoms with Gasteiger partial charge in [-0.2, -0.15) is 0 Å². The average molecular weight is 242 g/mol. The topological polar surface area (TPSA) is 41.6 Å². The zero-order valence-corrected chi connectivity index (χ0v) is 11.6. The summed E-state index contributed by atoms with van der Waals surface area (Å²) in [5.74, 6) is 0.691. The van der Waals surface area contributed by atoms with Gasteiger partial charge in [0, 0.05) is 13.1 Å². The third-order valence-electron chi connectivity index (χ3n) is 3.98. The molecule has 0 spiro atoms. The zero-order chi connectivity index (χ0) is 12.9. The van der Waals surface area contributed by atoms with Crippen molar-refractivity contribution >= 4 is 5.97 Å². The number of esters is 1. The number of methoxy groups -OCH3 is 1. The Balaban J connectivity index is 2.32. The summed E-state index contributed by atoms with van der Waals surface area (Å²) < 4.78 is 4.83. The van der Waals surface area contributed by atoms with Crippen molar-refractivity contribution in [1.29, 1.82) is 0 Å². The van der Waals surface area contributed by atoms with Crippen LogP contribution in [0.5, 0.6) is 0 Å². The molecule has 1 atom stereocenters. The Morgan fingerprint density at radius 1 is 1.53 bits per heavy atom. The molecule has 0 aromatic carbocycles. The standard InChI is InChI=1S/C13H26N2O2/c1-13(14-2,12(16)17-4)8-9-15(3)10-11-6-5-7-11/h11,14H,5-10H2,1-4H3. The molecule has 1 N–H and O–H groups in total. The molecular formula is C13H26N2O2. The summed E-state index contributed by atoms with van der Waals surface area (Å²) in [6, 6.07) is 0. The maximum Gasteiger partial charge on any atom is 0.325 e. The van der Waals surface area contributed by atoms with Gasteiger partial charge < -0.3 is 15.0 Å². The van der Waals surface area contributed by atoms with E-state index in [4.69, 9.17) is 4.74 Å². The zero-order valence-electron chi connectivity index (χ0n) is 11.6. The largest absolute Gasteiger partial charge is 0.468 e. The van der Waals surface area contributed by atoms with Gasteiger partial charge in [-0.1, -0.05) is 6.42 Å². The van der Waals surface area contributed by atoms with Gasteiger partial charge in [-0.05, 0) is 46.2 Å². The van der Waals surface area contributed by atoms with Crippen LogP contribution in [-0.2, 0) is 9.53 Å². The summed E-state index contributed by atoms with van der Waals surface area (Å²) in [7, 11) is 5.38. The van der Waals surface area contributed by atoms with E-state index in [1.54, 1.807) is 0 Å². The van der Waals surface area contributed by atoms with Crippen molar-refractivity contribution in [2.24, 2.45) is 5.92 Å². The van der Waals surface area contributed by atoms with E-state index < -0.39 is 5.54 Å². The summed E-state index contributed by atoms with van der Waals surface area (Å²) in [6.07, 6.45) is 4.89. The molecule has 0 amide bonds. The van der Waals surface area contributed by atoms with E-state index in [-0.39, 0.29) is 5.97 Å². The molecular weight excluding hydrogens is 216 g/mol. The predicted octanol–water partition coefficient (Wildman–Crippen LogP) is 1.26. The summed E-state index contributed by atoms with van der Waals surface area (Å²) >= 11 is 0. The van der Waals surface area contributed by atoms with E-state index >= 15 is 0 Å². The van der Waals surface area contributed by atoms with Gasteiger partial charge >= 0.3 is 5.97 Å². The lowest BCUT2D eigenvalue weighted by atomic mass is 9.85. The molecule has 0 aliphatic heterocycles. The molecule has 0 aromatic rings. The summed E-state index contributed by atoms with van der Waals surface area (Å²) in [4.78, 5) is 14.0. The lowest BCUT2D eigenvalue weighted by Gasteiger charge is -2.32. The minimum absolute atomic E-state index is 0.183.